The highest BCUT2D eigenvalue weighted by atomic mass is 79.9. The van der Waals surface area contributed by atoms with E-state index in [1.54, 1.807) is 0 Å². The van der Waals surface area contributed by atoms with E-state index in [9.17, 15) is 19.7 Å². The van der Waals surface area contributed by atoms with Gasteiger partial charge in [-0.05, 0) is 22.0 Å². The quantitative estimate of drug-likeness (QED) is 0.659. The van der Waals surface area contributed by atoms with E-state index in [-0.39, 0.29) is 15.9 Å². The van der Waals surface area contributed by atoms with Gasteiger partial charge in [0, 0.05) is 12.4 Å². The lowest BCUT2D eigenvalue weighted by Gasteiger charge is -2.01. The lowest BCUT2D eigenvalue weighted by Crippen LogP contribution is -2.18. The maximum absolute atomic E-state index is 11.7. The number of hydrogen-bond donors (Lipinski definition) is 2. The van der Waals surface area contributed by atoms with Gasteiger partial charge in [0.1, 0.15) is 10.6 Å². The summed E-state index contributed by atoms with van der Waals surface area (Å²) in [6.07, 6.45) is 2.71. The van der Waals surface area contributed by atoms with Crippen LogP contribution in [0, 0.1) is 10.1 Å². The second-order valence-electron chi connectivity index (χ2n) is 3.40. The van der Waals surface area contributed by atoms with Gasteiger partial charge in [0.25, 0.3) is 5.91 Å². The number of carbonyl (C=O) groups is 1. The minimum Gasteiger partial charge on any atom is -0.395 e. The molecule has 0 aliphatic carbocycles. The first-order valence-electron chi connectivity index (χ1n) is 4.91. The van der Waals surface area contributed by atoms with Crippen LogP contribution in [-0.2, 0) is 0 Å². The first kappa shape index (κ1) is 13.0. The number of aromatic amines is 1. The number of carbonyl (C=O) groups excluding carboxylic acids is 1. The van der Waals surface area contributed by atoms with Crippen molar-refractivity contribution in [2.45, 2.75) is 0 Å². The van der Waals surface area contributed by atoms with E-state index in [1.165, 1.54) is 12.4 Å². The van der Waals surface area contributed by atoms with Crippen LogP contribution in [0.5, 0.6) is 0 Å². The van der Waals surface area contributed by atoms with Gasteiger partial charge in [-0.25, -0.2) is 0 Å². The summed E-state index contributed by atoms with van der Waals surface area (Å²) in [5, 5.41) is 12.7. The van der Waals surface area contributed by atoms with Crippen LogP contribution in [0.1, 0.15) is 10.6 Å². The Morgan fingerprint density at radius 3 is 2.79 bits per heavy atom. The van der Waals surface area contributed by atoms with Crippen molar-refractivity contribution in [1.82, 2.24) is 4.98 Å². The number of aromatic nitrogens is 1. The van der Waals surface area contributed by atoms with Crippen LogP contribution in [0.25, 0.3) is 0 Å². The number of hydrogen-bond acceptors (Lipinski definition) is 5. The zero-order valence-electron chi connectivity index (χ0n) is 9.18. The standard InChI is InChI=1S/C10H6BrN3O5/c11-5-3-12-4-6(9(5)15)13-10(16)7-1-2-8(19-7)14(17)18/h1-4H,(H,12,15)(H,13,16). The zero-order chi connectivity index (χ0) is 14.0. The number of furan rings is 1. The molecular weight excluding hydrogens is 322 g/mol. The van der Waals surface area contributed by atoms with Crippen LogP contribution in [0.2, 0.25) is 0 Å². The highest BCUT2D eigenvalue weighted by Gasteiger charge is 2.18. The lowest BCUT2D eigenvalue weighted by molar-refractivity contribution is -0.402. The number of nitrogens with one attached hydrogen (secondary N) is 2. The summed E-state index contributed by atoms with van der Waals surface area (Å²) in [5.41, 5.74) is -0.424. The molecule has 0 saturated heterocycles. The van der Waals surface area contributed by atoms with Crippen LogP contribution in [-0.4, -0.2) is 15.8 Å². The Kier molecular flexibility index (Phi) is 3.47. The molecule has 19 heavy (non-hydrogen) atoms. The van der Waals surface area contributed by atoms with Crippen LogP contribution in [0.3, 0.4) is 0 Å². The van der Waals surface area contributed by atoms with Crippen LogP contribution in [0.15, 0.2) is 38.2 Å². The molecule has 98 valence electrons. The fraction of sp³-hybridized carbons (Fsp3) is 0. The molecule has 0 aliphatic heterocycles. The zero-order valence-corrected chi connectivity index (χ0v) is 10.8. The second-order valence-corrected chi connectivity index (χ2v) is 4.25. The maximum atomic E-state index is 11.7. The lowest BCUT2D eigenvalue weighted by atomic mass is 10.3. The van der Waals surface area contributed by atoms with Gasteiger partial charge in [0.15, 0.2) is 5.76 Å². The molecule has 0 atom stereocenters. The minimum absolute atomic E-state index is 0.00146. The van der Waals surface area contributed by atoms with Gasteiger partial charge in [-0.3, -0.25) is 19.7 Å². The van der Waals surface area contributed by atoms with Crippen LogP contribution in [0.4, 0.5) is 11.6 Å². The fourth-order valence-corrected chi connectivity index (χ4v) is 1.63. The van der Waals surface area contributed by atoms with E-state index in [0.717, 1.165) is 12.1 Å². The molecule has 2 N–H and O–H groups in total. The number of nitrogens with zero attached hydrogens (tertiary/aromatic N) is 1. The first-order valence-corrected chi connectivity index (χ1v) is 5.70. The summed E-state index contributed by atoms with van der Waals surface area (Å²) in [4.78, 5) is 35.6. The normalized spacial score (nSPS) is 10.2. The van der Waals surface area contributed by atoms with Crippen molar-refractivity contribution in [2.24, 2.45) is 0 Å². The molecule has 9 heteroatoms. The molecule has 0 saturated carbocycles. The Hall–Kier alpha value is -2.42. The van der Waals surface area contributed by atoms with E-state index < -0.39 is 22.1 Å². The Morgan fingerprint density at radius 1 is 1.42 bits per heavy atom. The molecule has 0 bridgehead atoms. The number of pyridine rings is 1. The third-order valence-corrected chi connectivity index (χ3v) is 2.73. The van der Waals surface area contributed by atoms with Gasteiger partial charge in [-0.1, -0.05) is 0 Å². The monoisotopic (exact) mass is 327 g/mol. The third-order valence-electron chi connectivity index (χ3n) is 2.14. The largest absolute Gasteiger partial charge is 0.433 e. The van der Waals surface area contributed by atoms with Crippen molar-refractivity contribution in [3.05, 3.63) is 55.1 Å². The molecule has 0 unspecified atom stereocenters. The predicted molar refractivity (Wildman–Crippen MR) is 68.1 cm³/mol. The smallest absolute Gasteiger partial charge is 0.395 e. The highest BCUT2D eigenvalue weighted by Crippen LogP contribution is 2.16. The first-order chi connectivity index (χ1) is 8.99. The van der Waals surface area contributed by atoms with Crippen molar-refractivity contribution in [3.8, 4) is 0 Å². The van der Waals surface area contributed by atoms with Gasteiger partial charge in [-0.15, -0.1) is 0 Å². The number of rotatable bonds is 3. The third kappa shape index (κ3) is 2.71. The molecule has 2 aromatic rings. The second kappa shape index (κ2) is 5.06. The van der Waals surface area contributed by atoms with E-state index in [4.69, 9.17) is 4.42 Å². The number of nitro groups is 1. The average Bonchev–Trinajstić information content (AvgIpc) is 2.84. The van der Waals surface area contributed by atoms with Crippen molar-refractivity contribution in [3.63, 3.8) is 0 Å². The molecule has 8 nitrogen and oxygen atoms in total. The molecule has 0 aliphatic rings. The minimum atomic E-state index is -0.761. The molecule has 0 fully saturated rings. The average molecular weight is 328 g/mol. The molecule has 2 aromatic heterocycles. The summed E-state index contributed by atoms with van der Waals surface area (Å²) in [7, 11) is 0. The van der Waals surface area contributed by atoms with E-state index in [0.29, 0.717) is 0 Å². The molecule has 0 aromatic carbocycles. The number of H-pyrrole nitrogens is 1. The molecule has 0 radical (unpaired) electrons. The van der Waals surface area contributed by atoms with Crippen LogP contribution < -0.4 is 10.7 Å². The summed E-state index contributed by atoms with van der Waals surface area (Å²) in [6, 6.07) is 2.21. The topological polar surface area (TPSA) is 118 Å². The molecule has 1 amide bonds. The summed E-state index contributed by atoms with van der Waals surface area (Å²) >= 11 is 3.01. The highest BCUT2D eigenvalue weighted by molar-refractivity contribution is 9.10. The Morgan fingerprint density at radius 2 is 2.16 bits per heavy atom. The van der Waals surface area contributed by atoms with Gasteiger partial charge in [-0.2, -0.15) is 0 Å². The number of amides is 1. The molecule has 2 heterocycles. The molecular formula is C10H6BrN3O5. The maximum Gasteiger partial charge on any atom is 0.433 e. The summed E-state index contributed by atoms with van der Waals surface area (Å²) < 4.78 is 4.96. The van der Waals surface area contributed by atoms with Crippen molar-refractivity contribution in [1.29, 1.82) is 0 Å². The van der Waals surface area contributed by atoms with Gasteiger partial charge in [0.2, 0.25) is 5.43 Å². The SMILES string of the molecule is O=C(Nc1c[nH]cc(Br)c1=O)c1ccc([N+](=O)[O-])o1. The van der Waals surface area contributed by atoms with E-state index >= 15 is 0 Å². The number of halogens is 1. The van der Waals surface area contributed by atoms with Gasteiger partial charge >= 0.3 is 5.88 Å². The van der Waals surface area contributed by atoms with Crippen molar-refractivity contribution in [2.75, 3.05) is 5.32 Å². The fourth-order valence-electron chi connectivity index (χ4n) is 1.28. The van der Waals surface area contributed by atoms with Gasteiger partial charge in [0.05, 0.1) is 10.5 Å². The van der Waals surface area contributed by atoms with Crippen molar-refractivity contribution >= 4 is 33.4 Å². The summed E-state index contributed by atoms with van der Waals surface area (Å²) in [5.74, 6) is -1.56. The van der Waals surface area contributed by atoms with Crippen molar-refractivity contribution < 1.29 is 14.1 Å². The van der Waals surface area contributed by atoms with Crippen LogP contribution >= 0.6 is 15.9 Å². The predicted octanol–water partition coefficient (Wildman–Crippen LogP) is 1.89. The summed E-state index contributed by atoms with van der Waals surface area (Å²) in [6.45, 7) is 0. The van der Waals surface area contributed by atoms with Gasteiger partial charge < -0.3 is 14.7 Å². The number of anilines is 1. The molecule has 2 rings (SSSR count). The Balaban J connectivity index is 2.23. The molecule has 0 spiro atoms. The Labute approximate surface area is 113 Å². The Bertz CT molecular complexity index is 705. The van der Waals surface area contributed by atoms with E-state index in [2.05, 4.69) is 26.2 Å². The van der Waals surface area contributed by atoms with E-state index in [1.807, 2.05) is 0 Å².